The fourth-order valence-electron chi connectivity index (χ4n) is 3.15. The number of carbonyl (C=O) groups excluding carboxylic acids is 1. The molecule has 0 aliphatic carbocycles. The largest absolute Gasteiger partial charge is 0.450 e. The standard InChI is InChI=1S/C17H21N7O2/c1-3-26-17(25)23-6-4-22(5-7-23)16-10-18-15-8-14(19-12-24(15)16)13-9-20-21(2)11-13/h8-12H,3-7H2,1-2H3. The van der Waals surface area contributed by atoms with Crippen molar-refractivity contribution in [3.05, 3.63) is 31.0 Å². The van der Waals surface area contributed by atoms with Crippen molar-refractivity contribution in [2.45, 2.75) is 6.92 Å². The van der Waals surface area contributed by atoms with Gasteiger partial charge >= 0.3 is 6.09 Å². The van der Waals surface area contributed by atoms with Crippen molar-refractivity contribution < 1.29 is 9.53 Å². The number of carbonyl (C=O) groups is 1. The van der Waals surface area contributed by atoms with Crippen LogP contribution < -0.4 is 4.90 Å². The molecular weight excluding hydrogens is 334 g/mol. The number of imidazole rings is 1. The molecule has 0 N–H and O–H groups in total. The quantitative estimate of drug-likeness (QED) is 0.707. The van der Waals surface area contributed by atoms with Gasteiger partial charge in [0.1, 0.15) is 17.8 Å². The Bertz CT molecular complexity index is 924. The van der Waals surface area contributed by atoms with E-state index in [4.69, 9.17) is 4.74 Å². The van der Waals surface area contributed by atoms with Crippen LogP contribution in [-0.4, -0.2) is 67.9 Å². The molecule has 136 valence electrons. The van der Waals surface area contributed by atoms with Gasteiger partial charge in [0.2, 0.25) is 0 Å². The highest BCUT2D eigenvalue weighted by atomic mass is 16.6. The Morgan fingerprint density at radius 1 is 1.19 bits per heavy atom. The second-order valence-electron chi connectivity index (χ2n) is 6.19. The number of anilines is 1. The third kappa shape index (κ3) is 2.96. The zero-order valence-corrected chi connectivity index (χ0v) is 14.9. The van der Waals surface area contributed by atoms with Gasteiger partial charge in [-0.2, -0.15) is 5.10 Å². The van der Waals surface area contributed by atoms with Crippen LogP contribution in [0, 0.1) is 0 Å². The first-order valence-electron chi connectivity index (χ1n) is 8.64. The Morgan fingerprint density at radius 2 is 2.00 bits per heavy atom. The van der Waals surface area contributed by atoms with Gasteiger partial charge in [0, 0.05) is 51.1 Å². The normalized spacial score (nSPS) is 14.8. The molecule has 9 heteroatoms. The van der Waals surface area contributed by atoms with Crippen LogP contribution >= 0.6 is 0 Å². The highest BCUT2D eigenvalue weighted by Gasteiger charge is 2.23. The molecule has 3 aromatic rings. The van der Waals surface area contributed by atoms with Gasteiger partial charge in [-0.15, -0.1) is 0 Å². The molecule has 0 bridgehead atoms. The van der Waals surface area contributed by atoms with E-state index < -0.39 is 0 Å². The Hall–Kier alpha value is -3.10. The lowest BCUT2D eigenvalue weighted by molar-refractivity contribution is 0.105. The van der Waals surface area contributed by atoms with Crippen LogP contribution in [0.2, 0.25) is 0 Å². The van der Waals surface area contributed by atoms with Gasteiger partial charge in [0.05, 0.1) is 24.7 Å². The number of hydrogen-bond donors (Lipinski definition) is 0. The number of nitrogens with zero attached hydrogens (tertiary/aromatic N) is 7. The van der Waals surface area contributed by atoms with E-state index >= 15 is 0 Å². The first-order valence-corrected chi connectivity index (χ1v) is 8.64. The predicted octanol–water partition coefficient (Wildman–Crippen LogP) is 1.41. The summed E-state index contributed by atoms with van der Waals surface area (Å²) in [4.78, 5) is 24.8. The lowest BCUT2D eigenvalue weighted by Gasteiger charge is -2.34. The molecule has 1 amide bonds. The Balaban J connectivity index is 1.52. The van der Waals surface area contributed by atoms with Crippen LogP contribution in [-0.2, 0) is 11.8 Å². The molecule has 4 heterocycles. The SMILES string of the molecule is CCOC(=O)N1CCN(c2cnc3cc(-c4cnn(C)c4)ncn23)CC1. The van der Waals surface area contributed by atoms with E-state index in [9.17, 15) is 4.79 Å². The van der Waals surface area contributed by atoms with Crippen LogP contribution in [0.4, 0.5) is 10.6 Å². The fraction of sp³-hybridized carbons (Fsp3) is 0.412. The van der Waals surface area contributed by atoms with Crippen molar-refractivity contribution >= 4 is 17.6 Å². The van der Waals surface area contributed by atoms with Crippen molar-refractivity contribution in [2.24, 2.45) is 7.05 Å². The molecule has 3 aromatic heterocycles. The minimum absolute atomic E-state index is 0.243. The minimum Gasteiger partial charge on any atom is -0.450 e. The average molecular weight is 355 g/mol. The number of fused-ring (bicyclic) bond motifs is 1. The van der Waals surface area contributed by atoms with E-state index in [0.717, 1.165) is 35.8 Å². The number of amides is 1. The van der Waals surface area contributed by atoms with Gasteiger partial charge in [0.25, 0.3) is 0 Å². The summed E-state index contributed by atoms with van der Waals surface area (Å²) in [6, 6.07) is 1.95. The smallest absolute Gasteiger partial charge is 0.409 e. The number of hydrogen-bond acceptors (Lipinski definition) is 6. The maximum absolute atomic E-state index is 11.8. The van der Waals surface area contributed by atoms with Crippen molar-refractivity contribution in [1.29, 1.82) is 0 Å². The number of rotatable bonds is 3. The first-order chi connectivity index (χ1) is 12.7. The van der Waals surface area contributed by atoms with Crippen LogP contribution in [0.3, 0.4) is 0 Å². The molecule has 0 unspecified atom stereocenters. The summed E-state index contributed by atoms with van der Waals surface area (Å²) in [6.07, 6.45) is 7.11. The van der Waals surface area contributed by atoms with Crippen LogP contribution in [0.25, 0.3) is 16.9 Å². The maximum Gasteiger partial charge on any atom is 0.409 e. The lowest BCUT2D eigenvalue weighted by Crippen LogP contribution is -2.49. The van der Waals surface area contributed by atoms with E-state index in [1.54, 1.807) is 22.1 Å². The Morgan fingerprint density at radius 3 is 2.69 bits per heavy atom. The minimum atomic E-state index is -0.243. The molecule has 1 saturated heterocycles. The van der Waals surface area contributed by atoms with Gasteiger partial charge in [0.15, 0.2) is 0 Å². The molecular formula is C17H21N7O2. The number of ether oxygens (including phenoxy) is 1. The summed E-state index contributed by atoms with van der Waals surface area (Å²) in [7, 11) is 1.88. The van der Waals surface area contributed by atoms with Gasteiger partial charge in [-0.3, -0.25) is 9.08 Å². The Kier molecular flexibility index (Phi) is 4.19. The number of aromatic nitrogens is 5. The molecule has 1 aliphatic rings. The first kappa shape index (κ1) is 16.4. The molecule has 4 rings (SSSR count). The summed E-state index contributed by atoms with van der Waals surface area (Å²) >= 11 is 0. The maximum atomic E-state index is 11.8. The zero-order chi connectivity index (χ0) is 18.1. The summed E-state index contributed by atoms with van der Waals surface area (Å²) in [5.41, 5.74) is 2.64. The molecule has 0 atom stereocenters. The Labute approximate surface area is 150 Å². The average Bonchev–Trinajstić information content (AvgIpc) is 3.27. The van der Waals surface area contributed by atoms with Crippen molar-refractivity contribution in [1.82, 2.24) is 29.0 Å². The van der Waals surface area contributed by atoms with Gasteiger partial charge in [-0.25, -0.2) is 14.8 Å². The molecule has 0 saturated carbocycles. The van der Waals surface area contributed by atoms with Gasteiger partial charge < -0.3 is 14.5 Å². The summed E-state index contributed by atoms with van der Waals surface area (Å²) in [6.45, 7) is 4.95. The lowest BCUT2D eigenvalue weighted by atomic mass is 10.2. The van der Waals surface area contributed by atoms with Crippen LogP contribution in [0.1, 0.15) is 6.92 Å². The summed E-state index contributed by atoms with van der Waals surface area (Å²) < 4.78 is 8.79. The molecule has 1 fully saturated rings. The van der Waals surface area contributed by atoms with E-state index in [0.29, 0.717) is 19.7 Å². The monoisotopic (exact) mass is 355 g/mol. The summed E-state index contributed by atoms with van der Waals surface area (Å²) in [5.74, 6) is 0.980. The second-order valence-corrected chi connectivity index (χ2v) is 6.19. The fourth-order valence-corrected chi connectivity index (χ4v) is 3.15. The highest BCUT2D eigenvalue weighted by Crippen LogP contribution is 2.22. The molecule has 1 aliphatic heterocycles. The second kappa shape index (κ2) is 6.66. The van der Waals surface area contributed by atoms with Crippen LogP contribution in [0.5, 0.6) is 0 Å². The van der Waals surface area contributed by atoms with E-state index in [-0.39, 0.29) is 6.09 Å². The highest BCUT2D eigenvalue weighted by molar-refractivity contribution is 5.68. The zero-order valence-electron chi connectivity index (χ0n) is 14.9. The molecule has 0 aromatic carbocycles. The van der Waals surface area contributed by atoms with Gasteiger partial charge in [-0.1, -0.05) is 0 Å². The van der Waals surface area contributed by atoms with E-state index in [2.05, 4.69) is 20.0 Å². The summed E-state index contributed by atoms with van der Waals surface area (Å²) in [5, 5.41) is 4.18. The molecule has 0 radical (unpaired) electrons. The molecule has 26 heavy (non-hydrogen) atoms. The molecule has 9 nitrogen and oxygen atoms in total. The van der Waals surface area contributed by atoms with Crippen molar-refractivity contribution in [3.8, 4) is 11.3 Å². The number of piperazine rings is 1. The van der Waals surface area contributed by atoms with Gasteiger partial charge in [-0.05, 0) is 6.92 Å². The topological polar surface area (TPSA) is 80.8 Å². The third-order valence-electron chi connectivity index (χ3n) is 4.51. The van der Waals surface area contributed by atoms with E-state index in [1.165, 1.54) is 0 Å². The van der Waals surface area contributed by atoms with Crippen molar-refractivity contribution in [3.63, 3.8) is 0 Å². The van der Waals surface area contributed by atoms with Crippen molar-refractivity contribution in [2.75, 3.05) is 37.7 Å². The predicted molar refractivity (Wildman–Crippen MR) is 96.0 cm³/mol. The van der Waals surface area contributed by atoms with E-state index in [1.807, 2.05) is 36.8 Å². The number of aryl methyl sites for hydroxylation is 1. The third-order valence-corrected chi connectivity index (χ3v) is 4.51. The van der Waals surface area contributed by atoms with Crippen LogP contribution in [0.15, 0.2) is 31.0 Å². The molecule has 0 spiro atoms.